The maximum absolute atomic E-state index is 5.02. The van der Waals surface area contributed by atoms with Crippen LogP contribution in [0.2, 0.25) is 13.1 Å². The second-order valence-electron chi connectivity index (χ2n) is 0.814. The molecule has 27 valence electrons. The largest absolute Gasteiger partial charge is 0.212 e. The van der Waals surface area contributed by atoms with Crippen LogP contribution in [-0.2, 0) is 0 Å². The summed E-state index contributed by atoms with van der Waals surface area (Å²) in [5.74, 6) is 5.37. The van der Waals surface area contributed by atoms with Crippen LogP contribution in [0.25, 0.3) is 0 Å². The van der Waals surface area contributed by atoms with Gasteiger partial charge in [0.2, 0.25) is 7.28 Å². The molecule has 0 aliphatic carbocycles. The van der Waals surface area contributed by atoms with Crippen molar-refractivity contribution in [2.24, 2.45) is 0 Å². The fourth-order valence-electron chi connectivity index (χ4n) is 0.161. The van der Waals surface area contributed by atoms with E-state index in [1.165, 1.54) is 0 Å². The van der Waals surface area contributed by atoms with Crippen LogP contribution in [0.15, 0.2) is 0 Å². The van der Waals surface area contributed by atoms with Crippen LogP contribution >= 0.6 is 0 Å². The van der Waals surface area contributed by atoms with Crippen molar-refractivity contribution >= 4 is 15.1 Å². The van der Waals surface area contributed by atoms with Crippen LogP contribution < -0.4 is 0 Å². The summed E-state index contributed by atoms with van der Waals surface area (Å²) >= 11 is 0. The molecule has 0 saturated heterocycles. The summed E-state index contributed by atoms with van der Waals surface area (Å²) in [4.78, 5) is 0. The Morgan fingerprint density at radius 3 is 2.67 bits per heavy atom. The molecule has 0 N–H and O–H groups in total. The highest BCUT2D eigenvalue weighted by Gasteiger charge is 1.60. The summed E-state index contributed by atoms with van der Waals surface area (Å²) in [6.07, 6.45) is 0.463. The van der Waals surface area contributed by atoms with Gasteiger partial charge in [0, 0.05) is 0 Å². The van der Waals surface area contributed by atoms with E-state index in [9.17, 15) is 0 Å². The molecule has 0 saturated carbocycles. The van der Waals surface area contributed by atoms with Crippen molar-refractivity contribution in [3.8, 4) is 11.7 Å². The Morgan fingerprint density at radius 1 is 1.83 bits per heavy atom. The average Bonchev–Trinajstić information content (AvgIpc) is 1.61. The second kappa shape index (κ2) is 4.69. The molecule has 0 nitrogen and oxygen atoms in total. The molecule has 0 aliphatic rings. The highest BCUT2D eigenvalue weighted by molar-refractivity contribution is 6.44. The van der Waals surface area contributed by atoms with Crippen LogP contribution in [0.3, 0.4) is 0 Å². The highest BCUT2D eigenvalue weighted by Crippen LogP contribution is 1.59. The van der Waals surface area contributed by atoms with E-state index in [1.807, 2.05) is 6.82 Å². The van der Waals surface area contributed by atoms with Crippen molar-refractivity contribution in [3.63, 3.8) is 0 Å². The van der Waals surface area contributed by atoms with Gasteiger partial charge in [-0.3, -0.25) is 0 Å². The molecular formula is C4H5B2. The van der Waals surface area contributed by atoms with Gasteiger partial charge in [-0.25, -0.2) is 0 Å². The smallest absolute Gasteiger partial charge is 0.164 e. The van der Waals surface area contributed by atoms with E-state index in [4.69, 9.17) is 7.85 Å². The van der Waals surface area contributed by atoms with Crippen LogP contribution in [0, 0.1) is 11.7 Å². The molecule has 0 aromatic carbocycles. The average molecular weight is 74.7 g/mol. The Hall–Kier alpha value is -0.310. The molecule has 2 heteroatoms. The van der Waals surface area contributed by atoms with E-state index in [-0.39, 0.29) is 0 Å². The summed E-state index contributed by atoms with van der Waals surface area (Å²) in [6, 6.07) is 0. The third-order valence-electron chi connectivity index (χ3n) is 0.348. The Morgan fingerprint density at radius 2 is 2.50 bits per heavy atom. The van der Waals surface area contributed by atoms with Gasteiger partial charge >= 0.3 is 0 Å². The first-order chi connectivity index (χ1) is 2.91. The first-order valence-electron chi connectivity index (χ1n) is 1.88. The van der Waals surface area contributed by atoms with Gasteiger partial charge in [0.05, 0.1) is 7.85 Å². The zero-order valence-electron chi connectivity index (χ0n) is 3.86. The SMILES string of the molecule is [B]CC#C[B]C. The summed E-state index contributed by atoms with van der Waals surface area (Å²) in [5.41, 5.74) is 0. The number of hydrogen-bond acceptors (Lipinski definition) is 0. The molecule has 0 heterocycles. The van der Waals surface area contributed by atoms with Crippen molar-refractivity contribution in [1.82, 2.24) is 0 Å². The molecule has 6 heavy (non-hydrogen) atoms. The molecule has 3 radical (unpaired) electrons. The van der Waals surface area contributed by atoms with E-state index in [1.54, 1.807) is 7.28 Å². The van der Waals surface area contributed by atoms with Gasteiger partial charge in [-0.15, -0.1) is 5.92 Å². The Bertz CT molecular complexity index is 59.4. The van der Waals surface area contributed by atoms with Crippen molar-refractivity contribution in [2.45, 2.75) is 13.1 Å². The summed E-state index contributed by atoms with van der Waals surface area (Å²) in [7, 11) is 6.79. The maximum atomic E-state index is 5.02. The monoisotopic (exact) mass is 75.1 g/mol. The second-order valence-corrected chi connectivity index (χ2v) is 0.814. The van der Waals surface area contributed by atoms with Gasteiger partial charge in [0.15, 0.2) is 0 Å². The molecule has 0 aromatic heterocycles. The lowest BCUT2D eigenvalue weighted by Gasteiger charge is -1.63. The molecule has 0 aromatic rings. The predicted octanol–water partition coefficient (Wildman–Crippen LogP) is 0.286. The number of hydrogen-bond donors (Lipinski definition) is 0. The zero-order chi connectivity index (χ0) is 4.83. The molecule has 0 unspecified atom stereocenters. The Balaban J connectivity index is 2.90. The molecule has 0 aliphatic heterocycles. The van der Waals surface area contributed by atoms with Crippen LogP contribution in [0.4, 0.5) is 0 Å². The van der Waals surface area contributed by atoms with Gasteiger partial charge in [0.25, 0.3) is 0 Å². The summed E-state index contributed by atoms with van der Waals surface area (Å²) < 4.78 is 0. The van der Waals surface area contributed by atoms with E-state index in [0.717, 1.165) is 0 Å². The van der Waals surface area contributed by atoms with Gasteiger partial charge in [-0.1, -0.05) is 6.82 Å². The molecule has 0 amide bonds. The first-order valence-corrected chi connectivity index (χ1v) is 1.88. The third-order valence-corrected chi connectivity index (χ3v) is 0.348. The Labute approximate surface area is 41.0 Å². The fourth-order valence-corrected chi connectivity index (χ4v) is 0.161. The van der Waals surface area contributed by atoms with Crippen molar-refractivity contribution in [2.75, 3.05) is 0 Å². The van der Waals surface area contributed by atoms with Gasteiger partial charge in [0.1, 0.15) is 0 Å². The standard InChI is InChI=1S/C4H5B2/c1-6-4-2-3-5/h3H2,1H3. The Kier molecular flexibility index (Phi) is 4.45. The molecule has 0 atom stereocenters. The lowest BCUT2D eigenvalue weighted by atomic mass is 9.83. The minimum atomic E-state index is 0.463. The molecule has 0 rings (SSSR count). The number of rotatable bonds is 0. The topological polar surface area (TPSA) is 0 Å². The van der Waals surface area contributed by atoms with Gasteiger partial charge in [-0.2, -0.15) is 5.82 Å². The van der Waals surface area contributed by atoms with Crippen molar-refractivity contribution < 1.29 is 0 Å². The van der Waals surface area contributed by atoms with Crippen molar-refractivity contribution in [1.29, 1.82) is 0 Å². The maximum Gasteiger partial charge on any atom is 0.212 e. The fraction of sp³-hybridized carbons (Fsp3) is 0.500. The molecule has 0 fully saturated rings. The first kappa shape index (κ1) is 5.69. The van der Waals surface area contributed by atoms with Gasteiger partial charge < -0.3 is 0 Å². The summed E-state index contributed by atoms with van der Waals surface area (Å²) in [6.45, 7) is 1.88. The van der Waals surface area contributed by atoms with Crippen molar-refractivity contribution in [3.05, 3.63) is 0 Å². The van der Waals surface area contributed by atoms with Crippen LogP contribution in [-0.4, -0.2) is 15.1 Å². The zero-order valence-corrected chi connectivity index (χ0v) is 3.86. The normalized spacial score (nSPS) is 5.50. The van der Waals surface area contributed by atoms with E-state index >= 15 is 0 Å². The van der Waals surface area contributed by atoms with E-state index in [2.05, 4.69) is 11.7 Å². The minimum absolute atomic E-state index is 0.463. The van der Waals surface area contributed by atoms with E-state index < -0.39 is 0 Å². The molecule has 0 bridgehead atoms. The quantitative estimate of drug-likeness (QED) is 0.286. The lowest BCUT2D eigenvalue weighted by Crippen LogP contribution is -1.69. The van der Waals surface area contributed by atoms with Crippen LogP contribution in [0.1, 0.15) is 0 Å². The van der Waals surface area contributed by atoms with Crippen LogP contribution in [0.5, 0.6) is 0 Å². The van der Waals surface area contributed by atoms with E-state index in [0.29, 0.717) is 6.32 Å². The third kappa shape index (κ3) is 3.69. The highest BCUT2D eigenvalue weighted by atomic mass is 13.4. The predicted molar refractivity (Wildman–Crippen MR) is 30.0 cm³/mol. The lowest BCUT2D eigenvalue weighted by molar-refractivity contribution is 1.88. The molecular weight excluding hydrogens is 69.7 g/mol. The molecule has 0 spiro atoms. The van der Waals surface area contributed by atoms with Gasteiger partial charge in [-0.05, 0) is 6.32 Å². The summed E-state index contributed by atoms with van der Waals surface area (Å²) in [5, 5.41) is 0. The minimum Gasteiger partial charge on any atom is -0.164 e.